The fraction of sp³-hybridized carbons (Fsp3) is 0.556. The molecule has 4 nitrogen and oxygen atoms in total. The molecule has 1 unspecified atom stereocenters. The number of nitrogens with zero attached hydrogens (tertiary/aromatic N) is 2. The third-order valence-electron chi connectivity index (χ3n) is 1.82. The number of aromatic nitrogens is 1. The number of likely N-dealkylation sites (N-methyl/N-ethyl adjacent to an activating group) is 1. The molecule has 1 atom stereocenters. The zero-order valence-corrected chi connectivity index (χ0v) is 9.16. The van der Waals surface area contributed by atoms with Crippen LogP contribution in [0, 0.1) is 0 Å². The first-order chi connectivity index (χ1) is 6.74. The summed E-state index contributed by atoms with van der Waals surface area (Å²) in [6.45, 7) is 1.71. The molecule has 0 amide bonds. The molecule has 0 aliphatic carbocycles. The first kappa shape index (κ1) is 11.1. The van der Waals surface area contributed by atoms with Gasteiger partial charge in [-0.05, 0) is 14.1 Å². The topological polar surface area (TPSA) is 42.4 Å². The first-order valence-corrected chi connectivity index (χ1v) is 5.26. The van der Waals surface area contributed by atoms with Crippen LogP contribution >= 0.6 is 11.3 Å². The van der Waals surface area contributed by atoms with Crippen LogP contribution in [0.4, 0.5) is 0 Å². The van der Waals surface area contributed by atoms with Crippen molar-refractivity contribution in [2.75, 3.05) is 27.2 Å². The van der Waals surface area contributed by atoms with E-state index in [-0.39, 0.29) is 5.92 Å². The summed E-state index contributed by atoms with van der Waals surface area (Å²) in [6.07, 6.45) is 0. The molecule has 0 fully saturated rings. The Morgan fingerprint density at radius 2 is 2.50 bits per heavy atom. The molecule has 1 aromatic heterocycles. The molecule has 14 heavy (non-hydrogen) atoms. The Balaban J connectivity index is 2.57. The van der Waals surface area contributed by atoms with Crippen molar-refractivity contribution in [3.8, 4) is 0 Å². The maximum Gasteiger partial charge on any atom is 0.293 e. The van der Waals surface area contributed by atoms with Crippen molar-refractivity contribution in [2.24, 2.45) is 0 Å². The second-order valence-electron chi connectivity index (χ2n) is 3.30. The number of hydrogen-bond donors (Lipinski definition) is 0. The van der Waals surface area contributed by atoms with Gasteiger partial charge in [0.2, 0.25) is 0 Å². The van der Waals surface area contributed by atoms with Crippen LogP contribution in [-0.4, -0.2) is 43.6 Å². The Kier molecular flexibility index (Phi) is 4.55. The molecule has 78 valence electrons. The van der Waals surface area contributed by atoms with Crippen molar-refractivity contribution in [1.29, 1.82) is 0 Å². The smallest absolute Gasteiger partial charge is 0.293 e. The lowest BCUT2D eigenvalue weighted by Gasteiger charge is -2.18. The highest BCUT2D eigenvalue weighted by Crippen LogP contribution is 2.16. The minimum absolute atomic E-state index is 0.168. The number of rotatable bonds is 6. The average Bonchev–Trinajstić information content (AvgIpc) is 2.64. The van der Waals surface area contributed by atoms with E-state index in [1.54, 1.807) is 16.8 Å². The van der Waals surface area contributed by atoms with E-state index in [2.05, 4.69) is 9.88 Å². The van der Waals surface area contributed by atoms with Crippen LogP contribution in [0.25, 0.3) is 0 Å². The number of carbonyl (C=O) groups is 1. The van der Waals surface area contributed by atoms with Gasteiger partial charge >= 0.3 is 0 Å². The zero-order valence-electron chi connectivity index (χ0n) is 8.34. The van der Waals surface area contributed by atoms with E-state index in [0.717, 1.165) is 12.2 Å². The van der Waals surface area contributed by atoms with Gasteiger partial charge in [0.15, 0.2) is 0 Å². The molecule has 0 saturated heterocycles. The Morgan fingerprint density at radius 1 is 1.71 bits per heavy atom. The van der Waals surface area contributed by atoms with Gasteiger partial charge in [0.05, 0.1) is 11.2 Å². The molecular weight excluding hydrogens is 200 g/mol. The van der Waals surface area contributed by atoms with Gasteiger partial charge in [-0.2, -0.15) is 0 Å². The predicted molar refractivity (Wildman–Crippen MR) is 55.4 cm³/mol. The molecule has 1 aromatic rings. The van der Waals surface area contributed by atoms with E-state index in [1.165, 1.54) is 0 Å². The van der Waals surface area contributed by atoms with Gasteiger partial charge in [-0.25, -0.2) is 4.98 Å². The van der Waals surface area contributed by atoms with Crippen molar-refractivity contribution in [2.45, 2.75) is 5.92 Å². The van der Waals surface area contributed by atoms with Crippen LogP contribution in [0.5, 0.6) is 0 Å². The molecule has 0 radical (unpaired) electrons. The molecule has 1 heterocycles. The van der Waals surface area contributed by atoms with Gasteiger partial charge in [-0.3, -0.25) is 4.79 Å². The SMILES string of the molecule is CN(C)CC(COC=O)c1cscn1. The highest BCUT2D eigenvalue weighted by atomic mass is 32.1. The summed E-state index contributed by atoms with van der Waals surface area (Å²) in [5, 5.41) is 1.99. The second-order valence-corrected chi connectivity index (χ2v) is 4.02. The van der Waals surface area contributed by atoms with E-state index in [1.807, 2.05) is 19.5 Å². The molecule has 0 aliphatic rings. The van der Waals surface area contributed by atoms with Gasteiger partial charge in [0, 0.05) is 17.8 Å². The monoisotopic (exact) mass is 214 g/mol. The highest BCUT2D eigenvalue weighted by Gasteiger charge is 2.15. The lowest BCUT2D eigenvalue weighted by atomic mass is 10.1. The third-order valence-corrected chi connectivity index (χ3v) is 2.43. The van der Waals surface area contributed by atoms with Gasteiger partial charge in [-0.1, -0.05) is 0 Å². The van der Waals surface area contributed by atoms with Crippen molar-refractivity contribution < 1.29 is 9.53 Å². The normalized spacial score (nSPS) is 12.8. The van der Waals surface area contributed by atoms with Gasteiger partial charge < -0.3 is 9.64 Å². The summed E-state index contributed by atoms with van der Waals surface area (Å²) in [4.78, 5) is 16.4. The number of thiazole rings is 1. The minimum Gasteiger partial charge on any atom is -0.467 e. The first-order valence-electron chi connectivity index (χ1n) is 4.32. The fourth-order valence-corrected chi connectivity index (χ4v) is 1.89. The predicted octanol–water partition coefficient (Wildman–Crippen LogP) is 0.961. The fourth-order valence-electron chi connectivity index (χ4n) is 1.25. The van der Waals surface area contributed by atoms with Gasteiger partial charge in [0.25, 0.3) is 6.47 Å². The second kappa shape index (κ2) is 5.72. The minimum atomic E-state index is 0.168. The van der Waals surface area contributed by atoms with Gasteiger partial charge in [-0.15, -0.1) is 11.3 Å². The lowest BCUT2D eigenvalue weighted by molar-refractivity contribution is -0.129. The van der Waals surface area contributed by atoms with Crippen LogP contribution in [-0.2, 0) is 9.53 Å². The maximum absolute atomic E-state index is 10.1. The summed E-state index contributed by atoms with van der Waals surface area (Å²) in [5.74, 6) is 0.168. The largest absolute Gasteiger partial charge is 0.467 e. The number of ether oxygens (including phenoxy) is 1. The molecule has 5 heteroatoms. The standard InChI is InChI=1S/C9H14N2O2S/c1-11(2)3-8(4-13-7-12)9-5-14-6-10-9/h5-8H,3-4H2,1-2H3. The van der Waals surface area contributed by atoms with Crippen molar-refractivity contribution in [3.63, 3.8) is 0 Å². The number of hydrogen-bond acceptors (Lipinski definition) is 5. The lowest BCUT2D eigenvalue weighted by Crippen LogP contribution is -2.23. The van der Waals surface area contributed by atoms with Crippen LogP contribution in [0.1, 0.15) is 11.6 Å². The van der Waals surface area contributed by atoms with Crippen molar-refractivity contribution in [3.05, 3.63) is 16.6 Å². The molecule has 0 saturated carbocycles. The summed E-state index contributed by atoms with van der Waals surface area (Å²) in [6, 6.07) is 0. The quantitative estimate of drug-likeness (QED) is 0.662. The summed E-state index contributed by atoms with van der Waals surface area (Å²) in [5.41, 5.74) is 2.78. The third kappa shape index (κ3) is 3.43. The summed E-state index contributed by atoms with van der Waals surface area (Å²) in [7, 11) is 3.97. The van der Waals surface area contributed by atoms with E-state index in [9.17, 15) is 4.79 Å². The van der Waals surface area contributed by atoms with Crippen LogP contribution in [0.3, 0.4) is 0 Å². The van der Waals surface area contributed by atoms with E-state index >= 15 is 0 Å². The van der Waals surface area contributed by atoms with Crippen LogP contribution in [0.2, 0.25) is 0 Å². The Hall–Kier alpha value is -0.940. The Bertz CT molecular complexity index is 262. The van der Waals surface area contributed by atoms with E-state index in [0.29, 0.717) is 13.1 Å². The molecule has 1 rings (SSSR count). The highest BCUT2D eigenvalue weighted by molar-refractivity contribution is 7.07. The van der Waals surface area contributed by atoms with E-state index in [4.69, 9.17) is 4.74 Å². The van der Waals surface area contributed by atoms with E-state index < -0.39 is 0 Å². The summed E-state index contributed by atoms with van der Waals surface area (Å²) >= 11 is 1.55. The van der Waals surface area contributed by atoms with Crippen molar-refractivity contribution in [1.82, 2.24) is 9.88 Å². The zero-order chi connectivity index (χ0) is 10.4. The van der Waals surface area contributed by atoms with Crippen LogP contribution in [0.15, 0.2) is 10.9 Å². The Morgan fingerprint density at radius 3 is 3.00 bits per heavy atom. The maximum atomic E-state index is 10.1. The average molecular weight is 214 g/mol. The summed E-state index contributed by atoms with van der Waals surface area (Å²) < 4.78 is 4.78. The molecule has 0 bridgehead atoms. The molecule has 0 N–H and O–H groups in total. The van der Waals surface area contributed by atoms with Gasteiger partial charge in [0.1, 0.15) is 6.61 Å². The molecule has 0 aromatic carbocycles. The number of carbonyl (C=O) groups excluding carboxylic acids is 1. The molecule has 0 aliphatic heterocycles. The van der Waals surface area contributed by atoms with Crippen LogP contribution < -0.4 is 0 Å². The molecule has 0 spiro atoms. The van der Waals surface area contributed by atoms with Crippen molar-refractivity contribution >= 4 is 17.8 Å². The molecular formula is C9H14N2O2S. The Labute approximate surface area is 87.5 Å².